The van der Waals surface area contributed by atoms with Gasteiger partial charge in [-0.2, -0.15) is 0 Å². The highest BCUT2D eigenvalue weighted by molar-refractivity contribution is 7.90. The number of hydrogen-bond donors (Lipinski definition) is 5. The highest BCUT2D eigenvalue weighted by Crippen LogP contribution is 2.38. The Morgan fingerprint density at radius 1 is 1.17 bits per heavy atom. The number of piperidine rings is 1. The van der Waals surface area contributed by atoms with Gasteiger partial charge in [-0.15, -0.1) is 0 Å². The van der Waals surface area contributed by atoms with Crippen molar-refractivity contribution in [3.63, 3.8) is 0 Å². The number of hydrogen-bond acceptors (Lipinski definition) is 11. The number of anilines is 2. The molecule has 0 aromatic heterocycles. The number of aryl methyl sites for hydroxylation is 1. The fourth-order valence-corrected chi connectivity index (χ4v) is 6.55. The van der Waals surface area contributed by atoms with Crippen LogP contribution in [0.25, 0.3) is 0 Å². The minimum Gasteiger partial charge on any atom is -0.490 e. The van der Waals surface area contributed by atoms with Crippen LogP contribution >= 0.6 is 0 Å². The maximum Gasteiger partial charge on any atom is 0.148 e. The van der Waals surface area contributed by atoms with E-state index in [1.54, 1.807) is 6.34 Å². The summed E-state index contributed by atoms with van der Waals surface area (Å²) in [6.45, 7) is 4.99. The van der Waals surface area contributed by atoms with E-state index < -0.39 is 9.84 Å². The molecule has 5 atom stereocenters. The van der Waals surface area contributed by atoms with Gasteiger partial charge in [0, 0.05) is 49.2 Å². The number of rotatable bonds is 10. The average Bonchev–Trinajstić information content (AvgIpc) is 3.62. The molecule has 5 N–H and O–H groups in total. The first-order chi connectivity index (χ1) is 19.8. The topological polar surface area (TPSA) is 128 Å². The van der Waals surface area contributed by atoms with Gasteiger partial charge in [-0.3, -0.25) is 5.32 Å². The molecule has 4 aliphatic heterocycles. The summed E-state index contributed by atoms with van der Waals surface area (Å²) in [5.74, 6) is 1.07. The average molecular weight is 584 g/mol. The molecule has 11 nitrogen and oxygen atoms in total. The molecule has 41 heavy (non-hydrogen) atoms. The number of sulfone groups is 1. The molecule has 12 heteroatoms. The lowest BCUT2D eigenvalue weighted by molar-refractivity contribution is 0.0452. The molecule has 2 aromatic carbocycles. The molecule has 0 amide bonds. The molecule has 4 heterocycles. The van der Waals surface area contributed by atoms with Crippen LogP contribution in [-0.4, -0.2) is 76.5 Å². The number of nitrogens with zero attached hydrogens (tertiary/aromatic N) is 2. The highest BCUT2D eigenvalue weighted by Gasteiger charge is 2.33. The first kappa shape index (κ1) is 28.4. The summed E-state index contributed by atoms with van der Waals surface area (Å²) >= 11 is 0. The zero-order chi connectivity index (χ0) is 28.4. The van der Waals surface area contributed by atoms with Gasteiger partial charge in [-0.25, -0.2) is 23.8 Å². The van der Waals surface area contributed by atoms with Crippen molar-refractivity contribution >= 4 is 27.6 Å². The summed E-state index contributed by atoms with van der Waals surface area (Å²) in [4.78, 5) is 4.70. The predicted molar refractivity (Wildman–Crippen MR) is 161 cm³/mol. The SMILES string of the molecule is Cc1cc(NC2N=CNc3ccc(C4CCC(CNCCS(C)(=O)=O)O4)cc32)ccc1OC1CCN2NCNC2C1. The van der Waals surface area contributed by atoms with Crippen molar-refractivity contribution in [2.75, 3.05) is 48.9 Å². The predicted octanol–water partition coefficient (Wildman–Crippen LogP) is 2.65. The summed E-state index contributed by atoms with van der Waals surface area (Å²) in [7, 11) is -2.96. The van der Waals surface area contributed by atoms with Gasteiger partial charge in [0.25, 0.3) is 0 Å². The maximum absolute atomic E-state index is 11.4. The van der Waals surface area contributed by atoms with Crippen molar-refractivity contribution in [2.45, 2.75) is 63.3 Å². The second-order valence-corrected chi connectivity index (χ2v) is 13.7. The van der Waals surface area contributed by atoms with Crippen LogP contribution in [0.4, 0.5) is 11.4 Å². The van der Waals surface area contributed by atoms with E-state index in [1.165, 1.54) is 6.26 Å². The molecular weight excluding hydrogens is 542 g/mol. The normalized spacial score (nSPS) is 27.7. The van der Waals surface area contributed by atoms with Crippen LogP contribution in [-0.2, 0) is 14.6 Å². The van der Waals surface area contributed by atoms with Crippen LogP contribution in [0.5, 0.6) is 5.75 Å². The number of fused-ring (bicyclic) bond motifs is 2. The van der Waals surface area contributed by atoms with E-state index in [4.69, 9.17) is 14.5 Å². The van der Waals surface area contributed by atoms with Crippen LogP contribution < -0.4 is 31.4 Å². The van der Waals surface area contributed by atoms with Crippen molar-refractivity contribution < 1.29 is 17.9 Å². The summed E-state index contributed by atoms with van der Waals surface area (Å²) in [6.07, 6.45) is 7.21. The van der Waals surface area contributed by atoms with Gasteiger partial charge in [-0.05, 0) is 67.6 Å². The van der Waals surface area contributed by atoms with E-state index in [0.29, 0.717) is 19.3 Å². The largest absolute Gasteiger partial charge is 0.490 e. The Morgan fingerprint density at radius 3 is 2.93 bits per heavy atom. The molecule has 0 bridgehead atoms. The molecule has 0 radical (unpaired) electrons. The Hall–Kier alpha value is -2.74. The molecule has 3 saturated heterocycles. The quantitative estimate of drug-likeness (QED) is 0.266. The van der Waals surface area contributed by atoms with Gasteiger partial charge < -0.3 is 25.4 Å². The zero-order valence-electron chi connectivity index (χ0n) is 23.7. The van der Waals surface area contributed by atoms with Gasteiger partial charge in [0.05, 0.1) is 37.1 Å². The lowest BCUT2D eigenvalue weighted by atomic mass is 10.00. The lowest BCUT2D eigenvalue weighted by Gasteiger charge is -2.34. The minimum atomic E-state index is -2.96. The van der Waals surface area contributed by atoms with Gasteiger partial charge in [0.1, 0.15) is 27.9 Å². The smallest absolute Gasteiger partial charge is 0.148 e. The second kappa shape index (κ2) is 12.2. The standard InChI is InChI=1S/C29H41N7O4S/c1-19-13-21(4-7-26(19)39-22-9-11-36-28(15-22)32-18-34-36)35-29-24-14-20(3-6-25(24)31-17-33-29)27-8-5-23(40-27)16-30-10-12-41(2,37)38/h3-4,6-7,13-14,17,22-23,27-30,32,34-35H,5,8-12,15-16,18H2,1-2H3,(H,31,33). The Labute approximate surface area is 242 Å². The molecule has 0 saturated carbocycles. The minimum absolute atomic E-state index is 0.00863. The Kier molecular flexibility index (Phi) is 8.47. The molecule has 0 spiro atoms. The summed E-state index contributed by atoms with van der Waals surface area (Å²) < 4.78 is 35.5. The first-order valence-corrected chi connectivity index (χ1v) is 16.6. The molecule has 2 aromatic rings. The number of benzene rings is 2. The van der Waals surface area contributed by atoms with Gasteiger partial charge in [0.15, 0.2) is 0 Å². The van der Waals surface area contributed by atoms with Crippen LogP contribution in [0.15, 0.2) is 41.4 Å². The lowest BCUT2D eigenvalue weighted by Crippen LogP contribution is -2.48. The molecule has 0 aliphatic carbocycles. The third kappa shape index (κ3) is 7.02. The molecule has 4 aliphatic rings. The highest BCUT2D eigenvalue weighted by atomic mass is 32.2. The van der Waals surface area contributed by atoms with Crippen LogP contribution in [0, 0.1) is 6.92 Å². The maximum atomic E-state index is 11.4. The summed E-state index contributed by atoms with van der Waals surface area (Å²) in [5, 5.41) is 15.8. The van der Waals surface area contributed by atoms with E-state index in [0.717, 1.165) is 72.7 Å². The van der Waals surface area contributed by atoms with Gasteiger partial charge in [-0.1, -0.05) is 6.07 Å². The second-order valence-electron chi connectivity index (χ2n) is 11.5. The van der Waals surface area contributed by atoms with E-state index in [2.05, 4.69) is 75.0 Å². The van der Waals surface area contributed by atoms with E-state index >= 15 is 0 Å². The first-order valence-electron chi connectivity index (χ1n) is 14.5. The van der Waals surface area contributed by atoms with Crippen molar-refractivity contribution in [3.8, 4) is 5.75 Å². The van der Waals surface area contributed by atoms with Crippen molar-refractivity contribution in [1.82, 2.24) is 21.1 Å². The van der Waals surface area contributed by atoms with Gasteiger partial charge >= 0.3 is 0 Å². The van der Waals surface area contributed by atoms with E-state index in [-0.39, 0.29) is 30.2 Å². The third-order valence-corrected chi connectivity index (χ3v) is 9.21. The number of hydrazine groups is 1. The van der Waals surface area contributed by atoms with Crippen LogP contribution in [0.3, 0.4) is 0 Å². The number of nitrogens with one attached hydrogen (secondary N) is 5. The molecule has 3 fully saturated rings. The molecule has 222 valence electrons. The fourth-order valence-electron chi connectivity index (χ4n) is 6.03. The van der Waals surface area contributed by atoms with Crippen LogP contribution in [0.2, 0.25) is 0 Å². The van der Waals surface area contributed by atoms with E-state index in [9.17, 15) is 8.42 Å². The van der Waals surface area contributed by atoms with Crippen LogP contribution in [0.1, 0.15) is 54.6 Å². The summed E-state index contributed by atoms with van der Waals surface area (Å²) in [6, 6.07) is 12.6. The third-order valence-electron chi connectivity index (χ3n) is 8.26. The Morgan fingerprint density at radius 2 is 2.07 bits per heavy atom. The monoisotopic (exact) mass is 583 g/mol. The van der Waals surface area contributed by atoms with Crippen molar-refractivity contribution in [1.29, 1.82) is 0 Å². The molecule has 6 rings (SSSR count). The number of aliphatic imine (C=N–C) groups is 1. The van der Waals surface area contributed by atoms with Crippen molar-refractivity contribution in [2.24, 2.45) is 4.99 Å². The molecular formula is C29H41N7O4S. The van der Waals surface area contributed by atoms with Crippen molar-refractivity contribution in [3.05, 3.63) is 53.1 Å². The Bertz CT molecular complexity index is 1370. The Balaban J connectivity index is 1.06. The molecule has 5 unspecified atom stereocenters. The van der Waals surface area contributed by atoms with E-state index in [1.807, 2.05) is 0 Å². The number of ether oxygens (including phenoxy) is 2. The summed E-state index contributed by atoms with van der Waals surface area (Å²) in [5.41, 5.74) is 8.67. The zero-order valence-corrected chi connectivity index (χ0v) is 24.5. The fraction of sp³-hybridized carbons (Fsp3) is 0.552. The van der Waals surface area contributed by atoms with Gasteiger partial charge in [0.2, 0.25) is 0 Å².